The number of carboxylic acid groups (broad SMARTS) is 1. The van der Waals surface area contributed by atoms with Crippen LogP contribution in [0.2, 0.25) is 0 Å². The van der Waals surface area contributed by atoms with Gasteiger partial charge in [0.2, 0.25) is 0 Å². The minimum Gasteiger partial charge on any atom is -0.481 e. The van der Waals surface area contributed by atoms with E-state index in [2.05, 4.69) is 6.92 Å². The summed E-state index contributed by atoms with van der Waals surface area (Å²) >= 11 is 0. The van der Waals surface area contributed by atoms with Gasteiger partial charge in [-0.2, -0.15) is 0 Å². The van der Waals surface area contributed by atoms with E-state index in [9.17, 15) is 4.79 Å². The van der Waals surface area contributed by atoms with Crippen LogP contribution in [0.5, 0.6) is 0 Å². The Morgan fingerprint density at radius 1 is 1.12 bits per heavy atom. The first-order chi connectivity index (χ1) is 7.70. The fourth-order valence-corrected chi connectivity index (χ4v) is 3.91. The largest absolute Gasteiger partial charge is 0.481 e. The lowest BCUT2D eigenvalue weighted by atomic mass is 9.92. The average molecular weight is 224 g/mol. The van der Waals surface area contributed by atoms with Gasteiger partial charge in [-0.25, -0.2) is 0 Å². The highest BCUT2D eigenvalue weighted by atomic mass is 16.4. The van der Waals surface area contributed by atoms with Gasteiger partial charge < -0.3 is 5.11 Å². The van der Waals surface area contributed by atoms with Gasteiger partial charge in [0, 0.05) is 0 Å². The standard InChI is InChI=1S/C14H24O2/c1-2-3-10-8-12-6-4-11(14(15)16)5-7-13(12)9-10/h10-13H,2-9H2,1H3,(H,15,16). The van der Waals surface area contributed by atoms with Gasteiger partial charge in [0.1, 0.15) is 0 Å². The Bertz CT molecular complexity index is 233. The van der Waals surface area contributed by atoms with E-state index in [1.807, 2.05) is 0 Å². The van der Waals surface area contributed by atoms with Crippen LogP contribution in [0.25, 0.3) is 0 Å². The van der Waals surface area contributed by atoms with Crippen molar-refractivity contribution in [3.8, 4) is 0 Å². The lowest BCUT2D eigenvalue weighted by Crippen LogP contribution is -2.12. The van der Waals surface area contributed by atoms with Crippen molar-refractivity contribution < 1.29 is 9.90 Å². The second kappa shape index (κ2) is 5.20. The highest BCUT2D eigenvalue weighted by Crippen LogP contribution is 2.46. The molecular formula is C14H24O2. The quantitative estimate of drug-likeness (QED) is 0.793. The van der Waals surface area contributed by atoms with Crippen molar-refractivity contribution in [2.75, 3.05) is 0 Å². The minimum atomic E-state index is -0.565. The Hall–Kier alpha value is -0.530. The Morgan fingerprint density at radius 2 is 1.69 bits per heavy atom. The first kappa shape index (κ1) is 11.9. The molecule has 2 fully saturated rings. The molecule has 0 saturated heterocycles. The van der Waals surface area contributed by atoms with Crippen LogP contribution in [-0.4, -0.2) is 11.1 Å². The molecule has 0 bridgehead atoms. The van der Waals surface area contributed by atoms with Gasteiger partial charge in [-0.3, -0.25) is 4.79 Å². The molecule has 0 heterocycles. The van der Waals surface area contributed by atoms with E-state index in [4.69, 9.17) is 5.11 Å². The van der Waals surface area contributed by atoms with E-state index < -0.39 is 5.97 Å². The van der Waals surface area contributed by atoms with Gasteiger partial charge >= 0.3 is 5.97 Å². The average Bonchev–Trinajstić information content (AvgIpc) is 2.50. The molecule has 2 nitrogen and oxygen atoms in total. The van der Waals surface area contributed by atoms with Crippen molar-refractivity contribution in [3.05, 3.63) is 0 Å². The van der Waals surface area contributed by atoms with Crippen LogP contribution in [0, 0.1) is 23.7 Å². The topological polar surface area (TPSA) is 37.3 Å². The van der Waals surface area contributed by atoms with E-state index in [0.717, 1.165) is 30.6 Å². The van der Waals surface area contributed by atoms with Gasteiger partial charge in [-0.1, -0.05) is 19.8 Å². The Kier molecular flexibility index (Phi) is 3.88. The van der Waals surface area contributed by atoms with E-state index in [-0.39, 0.29) is 5.92 Å². The molecule has 2 aliphatic carbocycles. The first-order valence-electron chi connectivity index (χ1n) is 6.93. The molecule has 0 radical (unpaired) electrons. The summed E-state index contributed by atoms with van der Waals surface area (Å²) in [5.41, 5.74) is 0. The van der Waals surface area contributed by atoms with Crippen LogP contribution in [0.15, 0.2) is 0 Å². The molecule has 2 atom stereocenters. The van der Waals surface area contributed by atoms with Gasteiger partial charge in [0.15, 0.2) is 0 Å². The molecule has 0 aliphatic heterocycles. The predicted octanol–water partition coefficient (Wildman–Crippen LogP) is 3.70. The summed E-state index contributed by atoms with van der Waals surface area (Å²) in [5.74, 6) is 2.03. The van der Waals surface area contributed by atoms with Crippen LogP contribution >= 0.6 is 0 Å². The summed E-state index contributed by atoms with van der Waals surface area (Å²) in [5, 5.41) is 9.06. The zero-order valence-corrected chi connectivity index (χ0v) is 10.3. The molecule has 2 unspecified atom stereocenters. The number of aliphatic carboxylic acids is 1. The molecule has 2 aliphatic rings. The maximum absolute atomic E-state index is 11.0. The van der Waals surface area contributed by atoms with Crippen molar-refractivity contribution in [1.82, 2.24) is 0 Å². The van der Waals surface area contributed by atoms with Gasteiger partial charge in [-0.05, 0) is 56.3 Å². The fourth-order valence-electron chi connectivity index (χ4n) is 3.91. The SMILES string of the molecule is CCCC1CC2CCC(C(=O)O)CCC2C1. The third-order valence-corrected chi connectivity index (χ3v) is 4.76. The maximum atomic E-state index is 11.0. The molecule has 0 aromatic carbocycles. The Balaban J connectivity index is 1.88. The third-order valence-electron chi connectivity index (χ3n) is 4.76. The molecule has 0 spiro atoms. The van der Waals surface area contributed by atoms with Crippen LogP contribution in [0.3, 0.4) is 0 Å². The number of rotatable bonds is 3. The lowest BCUT2D eigenvalue weighted by Gasteiger charge is -2.14. The second-order valence-corrected chi connectivity index (χ2v) is 5.84. The smallest absolute Gasteiger partial charge is 0.306 e. The van der Waals surface area contributed by atoms with E-state index in [0.29, 0.717) is 0 Å². The van der Waals surface area contributed by atoms with Gasteiger partial charge in [0.25, 0.3) is 0 Å². The zero-order chi connectivity index (χ0) is 11.5. The van der Waals surface area contributed by atoms with E-state index in [1.165, 1.54) is 38.5 Å². The monoisotopic (exact) mass is 224 g/mol. The number of hydrogen-bond acceptors (Lipinski definition) is 1. The number of fused-ring (bicyclic) bond motifs is 1. The Morgan fingerprint density at radius 3 is 2.12 bits per heavy atom. The van der Waals surface area contributed by atoms with Crippen molar-refractivity contribution in [2.24, 2.45) is 23.7 Å². The summed E-state index contributed by atoms with van der Waals surface area (Å²) in [7, 11) is 0. The second-order valence-electron chi connectivity index (χ2n) is 5.84. The highest BCUT2D eigenvalue weighted by Gasteiger charge is 2.36. The van der Waals surface area contributed by atoms with Crippen molar-refractivity contribution in [2.45, 2.75) is 58.3 Å². The number of hydrogen-bond donors (Lipinski definition) is 1. The summed E-state index contributed by atoms with van der Waals surface area (Å²) in [4.78, 5) is 11.0. The number of carbonyl (C=O) groups is 1. The minimum absolute atomic E-state index is 0.0461. The normalized spacial score (nSPS) is 39.1. The van der Waals surface area contributed by atoms with Crippen molar-refractivity contribution in [1.29, 1.82) is 0 Å². The summed E-state index contributed by atoms with van der Waals surface area (Å²) in [6.07, 6.45) is 9.64. The first-order valence-corrected chi connectivity index (χ1v) is 6.93. The molecule has 92 valence electrons. The molecule has 1 N–H and O–H groups in total. The summed E-state index contributed by atoms with van der Waals surface area (Å²) in [6, 6.07) is 0. The molecule has 2 saturated carbocycles. The molecule has 16 heavy (non-hydrogen) atoms. The van der Waals surface area contributed by atoms with Crippen LogP contribution in [-0.2, 0) is 4.79 Å². The molecule has 2 heteroatoms. The Labute approximate surface area is 98.4 Å². The third kappa shape index (κ3) is 2.58. The van der Waals surface area contributed by atoms with Crippen molar-refractivity contribution >= 4 is 5.97 Å². The van der Waals surface area contributed by atoms with E-state index >= 15 is 0 Å². The number of carboxylic acids is 1. The fraction of sp³-hybridized carbons (Fsp3) is 0.929. The van der Waals surface area contributed by atoms with Gasteiger partial charge in [0.05, 0.1) is 5.92 Å². The zero-order valence-electron chi connectivity index (χ0n) is 10.3. The summed E-state index contributed by atoms with van der Waals surface area (Å²) in [6.45, 7) is 2.27. The molecule has 2 rings (SSSR count). The van der Waals surface area contributed by atoms with Crippen LogP contribution in [0.4, 0.5) is 0 Å². The maximum Gasteiger partial charge on any atom is 0.306 e. The highest BCUT2D eigenvalue weighted by molar-refractivity contribution is 5.69. The predicted molar refractivity (Wildman–Crippen MR) is 64.2 cm³/mol. The molecule has 0 aromatic heterocycles. The molecule has 0 amide bonds. The van der Waals surface area contributed by atoms with Crippen molar-refractivity contribution in [3.63, 3.8) is 0 Å². The van der Waals surface area contributed by atoms with Gasteiger partial charge in [-0.15, -0.1) is 0 Å². The van der Waals surface area contributed by atoms with Crippen LogP contribution < -0.4 is 0 Å². The van der Waals surface area contributed by atoms with Crippen LogP contribution in [0.1, 0.15) is 58.3 Å². The lowest BCUT2D eigenvalue weighted by molar-refractivity contribution is -0.142. The summed E-state index contributed by atoms with van der Waals surface area (Å²) < 4.78 is 0. The molecular weight excluding hydrogens is 200 g/mol. The van der Waals surface area contributed by atoms with E-state index in [1.54, 1.807) is 0 Å². The molecule has 0 aromatic rings.